The molecule has 3 atom stereocenters. The Morgan fingerprint density at radius 2 is 1.69 bits per heavy atom. The van der Waals surface area contributed by atoms with Crippen LogP contribution in [0.5, 0.6) is 11.5 Å². The van der Waals surface area contributed by atoms with Crippen molar-refractivity contribution in [3.8, 4) is 11.5 Å². The summed E-state index contributed by atoms with van der Waals surface area (Å²) in [5, 5.41) is 27.7. The zero-order chi connectivity index (χ0) is 42.7. The van der Waals surface area contributed by atoms with Crippen LogP contribution in [0, 0.1) is 5.92 Å². The third kappa shape index (κ3) is 11.3. The van der Waals surface area contributed by atoms with E-state index in [0.717, 1.165) is 49.2 Å². The van der Waals surface area contributed by atoms with Crippen molar-refractivity contribution in [3.05, 3.63) is 141 Å². The van der Waals surface area contributed by atoms with Gasteiger partial charge in [0.25, 0.3) is 0 Å². The van der Waals surface area contributed by atoms with E-state index < -0.39 is 24.2 Å². The fraction of sp³-hybridized carbons (Fsp3) is 0.362. The van der Waals surface area contributed by atoms with Gasteiger partial charge in [-0.15, -0.1) is 0 Å². The monoisotopic (exact) mass is 831 g/mol. The average molecular weight is 832 g/mol. The number of aromatic hydroxyl groups is 1. The van der Waals surface area contributed by atoms with Crippen LogP contribution in [0.4, 0.5) is 4.79 Å². The number of esters is 1. The SMILES string of the molecule is CC(=O)N(CCCNC[C@H](O)c1ccc(O)c2[nH]c(=O)ccc12)CCOC(=O)c1ccc(COc2cccc([C@@H](NC(=O)O[C@H]3CN4CCC3CC4)c3ccccc3)c2)cc1. The molecule has 0 spiro atoms. The number of phenols is 1. The molecule has 14 nitrogen and oxygen atoms in total. The van der Waals surface area contributed by atoms with Crippen molar-refractivity contribution in [2.75, 3.05) is 52.4 Å². The van der Waals surface area contributed by atoms with Crippen LogP contribution in [0.2, 0.25) is 0 Å². The van der Waals surface area contributed by atoms with E-state index in [-0.39, 0.29) is 55.1 Å². The summed E-state index contributed by atoms with van der Waals surface area (Å²) in [6.07, 6.45) is 1.28. The van der Waals surface area contributed by atoms with Gasteiger partial charge in [0, 0.05) is 38.0 Å². The van der Waals surface area contributed by atoms with Gasteiger partial charge in [0.05, 0.1) is 29.8 Å². The number of rotatable bonds is 18. The number of carbonyl (C=O) groups excluding carboxylic acids is 3. The first kappa shape index (κ1) is 42.9. The van der Waals surface area contributed by atoms with Crippen LogP contribution in [0.3, 0.4) is 0 Å². The number of hydrogen-bond donors (Lipinski definition) is 5. The molecule has 0 aliphatic carbocycles. The van der Waals surface area contributed by atoms with E-state index in [9.17, 15) is 29.4 Å². The van der Waals surface area contributed by atoms with Crippen LogP contribution in [-0.2, 0) is 20.9 Å². The zero-order valence-electron chi connectivity index (χ0n) is 34.3. The number of alkyl carbamates (subject to hydrolysis) is 1. The maximum atomic E-state index is 13.2. The minimum Gasteiger partial charge on any atom is -0.506 e. The number of carbonyl (C=O) groups is 3. The molecule has 320 valence electrons. The predicted octanol–water partition coefficient (Wildman–Crippen LogP) is 5.44. The van der Waals surface area contributed by atoms with Crippen molar-refractivity contribution in [1.82, 2.24) is 25.4 Å². The van der Waals surface area contributed by atoms with E-state index in [1.165, 1.54) is 19.1 Å². The third-order valence-corrected chi connectivity index (χ3v) is 11.5. The number of hydrogen-bond acceptors (Lipinski definition) is 11. The van der Waals surface area contributed by atoms with Gasteiger partial charge >= 0.3 is 12.1 Å². The lowest BCUT2D eigenvalue weighted by Crippen LogP contribution is -2.52. The number of benzene rings is 4. The van der Waals surface area contributed by atoms with Crippen LogP contribution in [0.25, 0.3) is 10.9 Å². The van der Waals surface area contributed by atoms with Crippen molar-refractivity contribution in [3.63, 3.8) is 0 Å². The Balaban J connectivity index is 0.844. The number of aromatic amines is 1. The maximum Gasteiger partial charge on any atom is 0.408 e. The minimum absolute atomic E-state index is 0.0258. The molecule has 3 fully saturated rings. The minimum atomic E-state index is -0.892. The second-order valence-corrected chi connectivity index (χ2v) is 15.6. The number of phenolic OH excluding ortho intramolecular Hbond substituents is 1. The van der Waals surface area contributed by atoms with Gasteiger partial charge in [-0.1, -0.05) is 60.7 Å². The van der Waals surface area contributed by atoms with Gasteiger partial charge in [-0.2, -0.15) is 0 Å². The third-order valence-electron chi connectivity index (χ3n) is 11.5. The van der Waals surface area contributed by atoms with Crippen LogP contribution in [-0.4, -0.2) is 101 Å². The van der Waals surface area contributed by atoms with Crippen LogP contribution >= 0.6 is 0 Å². The van der Waals surface area contributed by atoms with Crippen molar-refractivity contribution in [1.29, 1.82) is 0 Å². The van der Waals surface area contributed by atoms with Crippen molar-refractivity contribution in [2.45, 2.75) is 51.0 Å². The van der Waals surface area contributed by atoms with Gasteiger partial charge in [-0.3, -0.25) is 14.5 Å². The molecule has 2 bridgehead atoms. The van der Waals surface area contributed by atoms with Crippen LogP contribution < -0.4 is 20.9 Å². The standard InChI is InChI=1S/C47H53N5O9/c1-31(53)52(22-6-21-48-28-41(55)38-15-17-40(54)45-39(38)16-18-43(56)49-45)25-26-59-46(57)35-13-11-32(12-14-35)30-60-37-10-5-9-36(27-37)44(34-7-3-2-4-8-34)50-47(58)61-42-29-51-23-19-33(42)20-24-51/h2-5,7-18,27,33,41-42,44,48,54-55H,6,19-26,28-30H2,1H3,(H,49,56)(H,50,58)/t41-,42-,44-/m0/s1. The van der Waals surface area contributed by atoms with E-state index in [2.05, 4.69) is 20.5 Å². The second-order valence-electron chi connectivity index (χ2n) is 15.6. The van der Waals surface area contributed by atoms with E-state index in [0.29, 0.717) is 47.7 Å². The summed E-state index contributed by atoms with van der Waals surface area (Å²) in [6, 6.07) is 29.9. The van der Waals surface area contributed by atoms with Crippen molar-refractivity contribution in [2.24, 2.45) is 5.92 Å². The fourth-order valence-electron chi connectivity index (χ4n) is 8.08. The summed E-state index contributed by atoms with van der Waals surface area (Å²) in [5.74, 6) is 0.305. The molecule has 61 heavy (non-hydrogen) atoms. The molecule has 1 aromatic heterocycles. The molecule has 5 N–H and O–H groups in total. The number of pyridine rings is 1. The maximum absolute atomic E-state index is 13.2. The van der Waals surface area contributed by atoms with E-state index >= 15 is 0 Å². The molecule has 0 unspecified atom stereocenters. The van der Waals surface area contributed by atoms with Gasteiger partial charge in [-0.25, -0.2) is 9.59 Å². The number of amides is 2. The highest BCUT2D eigenvalue weighted by Crippen LogP contribution is 2.31. The largest absolute Gasteiger partial charge is 0.506 e. The summed E-state index contributed by atoms with van der Waals surface area (Å²) >= 11 is 0. The lowest BCUT2D eigenvalue weighted by atomic mass is 9.86. The molecule has 3 saturated heterocycles. The molecule has 8 rings (SSSR count). The summed E-state index contributed by atoms with van der Waals surface area (Å²) in [5.41, 5.74) is 3.48. The van der Waals surface area contributed by atoms with Gasteiger partial charge < -0.3 is 44.9 Å². The van der Waals surface area contributed by atoms with E-state index in [1.807, 2.05) is 54.6 Å². The second kappa shape index (κ2) is 20.4. The molecule has 5 aromatic rings. The summed E-state index contributed by atoms with van der Waals surface area (Å²) < 4.78 is 17.6. The topological polar surface area (TPSA) is 183 Å². The number of aliphatic hydroxyl groups excluding tert-OH is 1. The summed E-state index contributed by atoms with van der Waals surface area (Å²) in [7, 11) is 0. The Bertz CT molecular complexity index is 2330. The molecule has 3 aliphatic heterocycles. The average Bonchev–Trinajstić information content (AvgIpc) is 3.28. The molecule has 4 aromatic carbocycles. The molecule has 4 heterocycles. The normalized spacial score (nSPS) is 17.9. The molecule has 0 saturated carbocycles. The quantitative estimate of drug-likeness (QED) is 0.0560. The molecule has 0 radical (unpaired) electrons. The van der Waals surface area contributed by atoms with Crippen LogP contribution in [0.15, 0.2) is 108 Å². The number of piperidine rings is 3. The first-order valence-electron chi connectivity index (χ1n) is 20.8. The number of fused-ring (bicyclic) bond motifs is 4. The first-order valence-corrected chi connectivity index (χ1v) is 20.8. The molecular formula is C47H53N5O9. The highest BCUT2D eigenvalue weighted by Gasteiger charge is 2.37. The number of H-pyrrole nitrogens is 1. The van der Waals surface area contributed by atoms with Gasteiger partial charge in [0.1, 0.15) is 30.8 Å². The smallest absolute Gasteiger partial charge is 0.408 e. The highest BCUT2D eigenvalue weighted by molar-refractivity contribution is 5.89. The summed E-state index contributed by atoms with van der Waals surface area (Å²) in [4.78, 5) is 56.7. The fourth-order valence-corrected chi connectivity index (χ4v) is 8.08. The van der Waals surface area contributed by atoms with E-state index in [1.54, 1.807) is 41.3 Å². The Kier molecular flexibility index (Phi) is 14.3. The van der Waals surface area contributed by atoms with Gasteiger partial charge in [-0.05, 0) is 103 Å². The number of nitrogens with zero attached hydrogens (tertiary/aromatic N) is 2. The lowest BCUT2D eigenvalue weighted by molar-refractivity contribution is -0.129. The molecule has 3 aliphatic rings. The zero-order valence-corrected chi connectivity index (χ0v) is 34.3. The predicted molar refractivity (Wildman–Crippen MR) is 229 cm³/mol. The number of aliphatic hydroxyl groups is 1. The lowest BCUT2D eigenvalue weighted by Gasteiger charge is -2.43. The van der Waals surface area contributed by atoms with Gasteiger partial charge in [0.2, 0.25) is 11.5 Å². The van der Waals surface area contributed by atoms with Crippen molar-refractivity contribution < 1.29 is 38.8 Å². The highest BCUT2D eigenvalue weighted by atomic mass is 16.6. The Morgan fingerprint density at radius 1 is 0.918 bits per heavy atom. The molecule has 14 heteroatoms. The Hall–Kier alpha value is -6.22. The van der Waals surface area contributed by atoms with Crippen LogP contribution in [0.1, 0.15) is 70.9 Å². The first-order chi connectivity index (χ1) is 29.6. The number of ether oxygens (including phenoxy) is 3. The number of nitrogens with one attached hydrogen (secondary N) is 3. The van der Waals surface area contributed by atoms with E-state index in [4.69, 9.17) is 14.2 Å². The van der Waals surface area contributed by atoms with Crippen molar-refractivity contribution >= 4 is 28.9 Å². The summed E-state index contributed by atoms with van der Waals surface area (Å²) in [6.45, 7) is 6.05. The Labute approximate surface area is 354 Å². The Morgan fingerprint density at radius 3 is 2.43 bits per heavy atom. The molecular weight excluding hydrogens is 779 g/mol. The molecule has 2 amide bonds. The van der Waals surface area contributed by atoms with Gasteiger partial charge in [0.15, 0.2) is 0 Å². The number of aromatic nitrogens is 1.